The second-order valence-corrected chi connectivity index (χ2v) is 4.33. The first-order chi connectivity index (χ1) is 8.65. The molecular formula is C10H5FN4O2S. The predicted octanol–water partition coefficient (Wildman–Crippen LogP) is 2.51. The predicted molar refractivity (Wildman–Crippen MR) is 62.9 cm³/mol. The summed E-state index contributed by atoms with van der Waals surface area (Å²) in [6, 6.07) is 3.69. The summed E-state index contributed by atoms with van der Waals surface area (Å²) >= 11 is 1.35. The minimum Gasteiger partial charge on any atom is -0.258 e. The van der Waals surface area contributed by atoms with Gasteiger partial charge in [-0.3, -0.25) is 10.1 Å². The maximum Gasteiger partial charge on any atom is 0.305 e. The fraction of sp³-hybridized carbons (Fsp3) is 0. The van der Waals surface area contributed by atoms with Crippen molar-refractivity contribution in [1.82, 2.24) is 14.6 Å². The number of nitro groups is 1. The van der Waals surface area contributed by atoms with E-state index in [4.69, 9.17) is 0 Å². The van der Waals surface area contributed by atoms with Crippen LogP contribution in [0.5, 0.6) is 0 Å². The zero-order chi connectivity index (χ0) is 12.7. The number of rotatable bonds is 2. The summed E-state index contributed by atoms with van der Waals surface area (Å²) in [6.45, 7) is 0. The molecule has 0 fully saturated rings. The van der Waals surface area contributed by atoms with Gasteiger partial charge in [-0.05, 0) is 12.1 Å². The lowest BCUT2D eigenvalue weighted by molar-refractivity contribution is -0.387. The van der Waals surface area contributed by atoms with E-state index in [1.165, 1.54) is 23.5 Å². The van der Waals surface area contributed by atoms with Crippen molar-refractivity contribution >= 4 is 22.0 Å². The molecule has 0 bridgehead atoms. The van der Waals surface area contributed by atoms with Crippen LogP contribution in [0.2, 0.25) is 0 Å². The summed E-state index contributed by atoms with van der Waals surface area (Å²) in [5.41, 5.74) is 2.09. The van der Waals surface area contributed by atoms with Gasteiger partial charge in [-0.2, -0.15) is 9.49 Å². The Balaban J connectivity index is 2.14. The zero-order valence-corrected chi connectivity index (χ0v) is 9.59. The Labute approximate surface area is 103 Å². The third-order valence-corrected chi connectivity index (χ3v) is 3.11. The number of hydrogen-bond acceptors (Lipinski definition) is 5. The molecule has 3 rings (SSSR count). The Bertz CT molecular complexity index is 723. The molecular weight excluding hydrogens is 259 g/mol. The van der Waals surface area contributed by atoms with Crippen LogP contribution in [0.15, 0.2) is 29.9 Å². The Kier molecular flexibility index (Phi) is 2.30. The molecule has 0 saturated carbocycles. The first kappa shape index (κ1) is 10.8. The summed E-state index contributed by atoms with van der Waals surface area (Å²) in [7, 11) is 0. The van der Waals surface area contributed by atoms with Crippen molar-refractivity contribution in [3.8, 4) is 11.3 Å². The van der Waals surface area contributed by atoms with Gasteiger partial charge in [0.25, 0.3) is 0 Å². The van der Waals surface area contributed by atoms with Gasteiger partial charge in [0.1, 0.15) is 5.51 Å². The van der Waals surface area contributed by atoms with E-state index in [1.54, 1.807) is 16.2 Å². The molecule has 6 nitrogen and oxygen atoms in total. The van der Waals surface area contributed by atoms with E-state index in [1.807, 2.05) is 0 Å². The SMILES string of the molecule is O=[N+]([O-])c1cc(-c2cn3ncsc3n2)ccc1F. The van der Waals surface area contributed by atoms with Gasteiger partial charge in [-0.15, -0.1) is 0 Å². The van der Waals surface area contributed by atoms with Crippen molar-refractivity contribution in [2.24, 2.45) is 0 Å². The van der Waals surface area contributed by atoms with Crippen LogP contribution in [0.1, 0.15) is 0 Å². The van der Waals surface area contributed by atoms with Gasteiger partial charge in [-0.1, -0.05) is 11.3 Å². The van der Waals surface area contributed by atoms with Crippen molar-refractivity contribution in [1.29, 1.82) is 0 Å². The third-order valence-electron chi connectivity index (χ3n) is 2.42. The highest BCUT2D eigenvalue weighted by Gasteiger charge is 2.16. The monoisotopic (exact) mass is 264 g/mol. The summed E-state index contributed by atoms with van der Waals surface area (Å²) in [5, 5.41) is 14.7. The first-order valence-corrected chi connectivity index (χ1v) is 5.76. The highest BCUT2D eigenvalue weighted by Crippen LogP contribution is 2.26. The molecule has 1 aromatic carbocycles. The second kappa shape index (κ2) is 3.84. The molecule has 0 amide bonds. The van der Waals surface area contributed by atoms with E-state index in [-0.39, 0.29) is 0 Å². The molecule has 0 aliphatic carbocycles. The van der Waals surface area contributed by atoms with Crippen LogP contribution in [0.3, 0.4) is 0 Å². The van der Waals surface area contributed by atoms with Crippen LogP contribution in [0, 0.1) is 15.9 Å². The van der Waals surface area contributed by atoms with Gasteiger partial charge in [-0.25, -0.2) is 9.50 Å². The minimum atomic E-state index is -0.858. The molecule has 2 heterocycles. The molecule has 0 N–H and O–H groups in total. The average molecular weight is 264 g/mol. The van der Waals surface area contributed by atoms with E-state index in [0.717, 1.165) is 6.07 Å². The fourth-order valence-corrected chi connectivity index (χ4v) is 2.19. The maximum absolute atomic E-state index is 13.2. The lowest BCUT2D eigenvalue weighted by Gasteiger charge is -1.97. The van der Waals surface area contributed by atoms with Crippen molar-refractivity contribution in [2.45, 2.75) is 0 Å². The molecule has 18 heavy (non-hydrogen) atoms. The Morgan fingerprint density at radius 2 is 2.28 bits per heavy atom. The van der Waals surface area contributed by atoms with Gasteiger partial charge >= 0.3 is 5.69 Å². The zero-order valence-electron chi connectivity index (χ0n) is 8.78. The van der Waals surface area contributed by atoms with Crippen LogP contribution >= 0.6 is 11.3 Å². The topological polar surface area (TPSA) is 73.3 Å². The molecule has 2 aromatic heterocycles. The Morgan fingerprint density at radius 3 is 3.00 bits per heavy atom. The van der Waals surface area contributed by atoms with Crippen LogP contribution in [-0.4, -0.2) is 19.5 Å². The molecule has 0 saturated heterocycles. The number of imidazole rings is 1. The number of benzene rings is 1. The summed E-state index contributed by atoms with van der Waals surface area (Å²) in [5.74, 6) is -0.858. The Hall–Kier alpha value is -2.35. The normalized spacial score (nSPS) is 10.9. The number of halogens is 1. The molecule has 0 radical (unpaired) electrons. The second-order valence-electron chi connectivity index (χ2n) is 3.52. The molecule has 3 aromatic rings. The summed E-state index contributed by atoms with van der Waals surface area (Å²) < 4.78 is 14.8. The van der Waals surface area contributed by atoms with Gasteiger partial charge in [0.15, 0.2) is 0 Å². The lowest BCUT2D eigenvalue weighted by Crippen LogP contribution is -1.92. The first-order valence-electron chi connectivity index (χ1n) is 4.88. The van der Waals surface area contributed by atoms with Crippen LogP contribution < -0.4 is 0 Å². The van der Waals surface area contributed by atoms with E-state index in [0.29, 0.717) is 16.2 Å². The molecule has 8 heteroatoms. The number of nitro benzene ring substituents is 1. The van der Waals surface area contributed by atoms with E-state index >= 15 is 0 Å². The molecule has 0 aliphatic rings. The molecule has 0 unspecified atom stereocenters. The number of fused-ring (bicyclic) bond motifs is 1. The lowest BCUT2D eigenvalue weighted by atomic mass is 10.1. The van der Waals surface area contributed by atoms with Gasteiger partial charge in [0.2, 0.25) is 10.8 Å². The summed E-state index contributed by atoms with van der Waals surface area (Å²) in [4.78, 5) is 14.8. The maximum atomic E-state index is 13.2. The van der Waals surface area contributed by atoms with Crippen molar-refractivity contribution in [3.05, 3.63) is 45.8 Å². The van der Waals surface area contributed by atoms with E-state index in [9.17, 15) is 14.5 Å². The van der Waals surface area contributed by atoms with Gasteiger partial charge in [0.05, 0.1) is 16.8 Å². The summed E-state index contributed by atoms with van der Waals surface area (Å²) in [6.07, 6.45) is 1.64. The largest absolute Gasteiger partial charge is 0.305 e. The van der Waals surface area contributed by atoms with E-state index < -0.39 is 16.4 Å². The van der Waals surface area contributed by atoms with Crippen molar-refractivity contribution in [3.63, 3.8) is 0 Å². The Morgan fingerprint density at radius 1 is 1.44 bits per heavy atom. The smallest absolute Gasteiger partial charge is 0.258 e. The highest BCUT2D eigenvalue weighted by molar-refractivity contribution is 7.14. The molecule has 0 aliphatic heterocycles. The highest BCUT2D eigenvalue weighted by atomic mass is 32.1. The molecule has 90 valence electrons. The van der Waals surface area contributed by atoms with Crippen molar-refractivity contribution < 1.29 is 9.31 Å². The van der Waals surface area contributed by atoms with Crippen LogP contribution in [0.4, 0.5) is 10.1 Å². The standard InChI is InChI=1S/C10H5FN4O2S/c11-7-2-1-6(3-9(7)15(16)17)8-4-14-10(13-8)18-5-12-14/h1-5H. The quantitative estimate of drug-likeness (QED) is 0.526. The van der Waals surface area contributed by atoms with Crippen LogP contribution in [0.25, 0.3) is 16.2 Å². The third kappa shape index (κ3) is 1.63. The molecule has 0 atom stereocenters. The fourth-order valence-electron chi connectivity index (χ4n) is 1.59. The van der Waals surface area contributed by atoms with Crippen molar-refractivity contribution in [2.75, 3.05) is 0 Å². The van der Waals surface area contributed by atoms with Crippen LogP contribution in [-0.2, 0) is 0 Å². The van der Waals surface area contributed by atoms with E-state index in [2.05, 4.69) is 10.1 Å². The number of nitrogens with zero attached hydrogens (tertiary/aromatic N) is 4. The molecule has 0 spiro atoms. The minimum absolute atomic E-state index is 0.487. The van der Waals surface area contributed by atoms with Gasteiger partial charge < -0.3 is 0 Å². The number of aromatic nitrogens is 3. The average Bonchev–Trinajstić information content (AvgIpc) is 2.89. The van der Waals surface area contributed by atoms with Gasteiger partial charge in [0, 0.05) is 11.6 Å². The number of hydrogen-bond donors (Lipinski definition) is 0.